The Bertz CT molecular complexity index is 443. The zero-order chi connectivity index (χ0) is 12.7. The summed E-state index contributed by atoms with van der Waals surface area (Å²) >= 11 is 11.8. The number of nitriles is 1. The molecule has 0 radical (unpaired) electrons. The monoisotopic (exact) mass is 271 g/mol. The minimum absolute atomic E-state index is 0.0888. The van der Waals surface area contributed by atoms with Gasteiger partial charge in [-0.2, -0.15) is 5.26 Å². The van der Waals surface area contributed by atoms with Gasteiger partial charge in [0.05, 0.1) is 34.8 Å². The summed E-state index contributed by atoms with van der Waals surface area (Å²) in [5.41, 5.74) is 0.606. The Labute approximate surface area is 110 Å². The number of carbonyl (C=O) groups is 1. The molecule has 1 aromatic carbocycles. The van der Waals surface area contributed by atoms with Crippen LogP contribution in [0.4, 0.5) is 5.69 Å². The lowest BCUT2D eigenvalue weighted by Gasteiger charge is -2.09. The van der Waals surface area contributed by atoms with Crippen molar-refractivity contribution in [3.8, 4) is 6.07 Å². The number of anilines is 1. The second-order valence-electron chi connectivity index (χ2n) is 3.21. The molecule has 0 aliphatic rings. The van der Waals surface area contributed by atoms with Crippen molar-refractivity contribution in [1.29, 1.82) is 5.26 Å². The fourth-order valence-electron chi connectivity index (χ4n) is 1.14. The summed E-state index contributed by atoms with van der Waals surface area (Å²) in [6.07, 6.45) is 0.295. The lowest BCUT2D eigenvalue weighted by atomic mass is 10.3. The average Bonchev–Trinajstić information content (AvgIpc) is 2.31. The minimum Gasteiger partial charge on any atom is -0.375 e. The van der Waals surface area contributed by atoms with E-state index in [1.807, 2.05) is 6.07 Å². The first-order valence-electron chi connectivity index (χ1n) is 4.96. The van der Waals surface area contributed by atoms with Gasteiger partial charge in [0.15, 0.2) is 0 Å². The van der Waals surface area contributed by atoms with Gasteiger partial charge in [0.25, 0.3) is 0 Å². The van der Waals surface area contributed by atoms with Crippen LogP contribution in [0, 0.1) is 11.3 Å². The van der Waals surface area contributed by atoms with E-state index in [4.69, 9.17) is 28.5 Å². The number of halogens is 2. The van der Waals surface area contributed by atoms with Gasteiger partial charge in [-0.05, 0) is 12.1 Å². The molecule has 0 atom stereocenters. The number of hydrogen-bond acceptors (Lipinski definition) is 3. The Kier molecular flexibility index (Phi) is 5.61. The predicted molar refractivity (Wildman–Crippen MR) is 68.2 cm³/mol. The van der Waals surface area contributed by atoms with Crippen LogP contribution in [0.5, 0.6) is 0 Å². The van der Waals surface area contributed by atoms with Gasteiger partial charge in [0.2, 0.25) is 5.91 Å². The van der Waals surface area contributed by atoms with E-state index >= 15 is 0 Å². The molecule has 17 heavy (non-hydrogen) atoms. The average molecular weight is 272 g/mol. The molecule has 2 N–H and O–H groups in total. The molecule has 1 rings (SSSR count). The summed E-state index contributed by atoms with van der Waals surface area (Å²) in [4.78, 5) is 11.3. The molecule has 90 valence electrons. The van der Waals surface area contributed by atoms with Gasteiger partial charge in [-0.1, -0.05) is 29.3 Å². The van der Waals surface area contributed by atoms with Crippen molar-refractivity contribution in [2.75, 3.05) is 18.4 Å². The highest BCUT2D eigenvalue weighted by Crippen LogP contribution is 2.29. The Balaban J connectivity index is 2.43. The summed E-state index contributed by atoms with van der Waals surface area (Å²) < 4.78 is 0. The van der Waals surface area contributed by atoms with Crippen LogP contribution in [-0.2, 0) is 4.79 Å². The third-order valence-electron chi connectivity index (χ3n) is 1.95. The van der Waals surface area contributed by atoms with Crippen LogP contribution < -0.4 is 10.6 Å². The maximum Gasteiger partial charge on any atom is 0.239 e. The van der Waals surface area contributed by atoms with Crippen molar-refractivity contribution in [3.63, 3.8) is 0 Å². The highest BCUT2D eigenvalue weighted by Gasteiger charge is 2.05. The second kappa shape index (κ2) is 7.00. The number of nitrogens with zero attached hydrogens (tertiary/aromatic N) is 1. The standard InChI is InChI=1S/C11H11Cl2N3O/c12-8-3-1-4-9(11(8)13)16-7-10(17)15-6-2-5-14/h1,3-4,16H,2,6-7H2,(H,15,17). The molecule has 0 aliphatic heterocycles. The third kappa shape index (κ3) is 4.51. The summed E-state index contributed by atoms with van der Waals surface area (Å²) in [6, 6.07) is 7.08. The fourth-order valence-corrected chi connectivity index (χ4v) is 1.50. The second-order valence-corrected chi connectivity index (χ2v) is 4.00. The van der Waals surface area contributed by atoms with Gasteiger partial charge >= 0.3 is 0 Å². The third-order valence-corrected chi connectivity index (χ3v) is 2.77. The summed E-state index contributed by atoms with van der Waals surface area (Å²) in [5, 5.41) is 14.6. The molecule has 0 fully saturated rings. The smallest absolute Gasteiger partial charge is 0.239 e. The van der Waals surface area contributed by atoms with E-state index in [0.717, 1.165) is 0 Å². The van der Waals surface area contributed by atoms with Gasteiger partial charge in [0, 0.05) is 6.54 Å². The van der Waals surface area contributed by atoms with Crippen LogP contribution in [0.25, 0.3) is 0 Å². The Morgan fingerprint density at radius 1 is 1.41 bits per heavy atom. The van der Waals surface area contributed by atoms with Gasteiger partial charge in [-0.25, -0.2) is 0 Å². The molecule has 0 aliphatic carbocycles. The summed E-state index contributed by atoms with van der Waals surface area (Å²) in [6.45, 7) is 0.436. The van der Waals surface area contributed by atoms with Gasteiger partial charge in [-0.3, -0.25) is 4.79 Å². The molecule has 1 aromatic rings. The van der Waals surface area contributed by atoms with E-state index in [9.17, 15) is 4.79 Å². The van der Waals surface area contributed by atoms with Crippen molar-refractivity contribution in [1.82, 2.24) is 5.32 Å². The van der Waals surface area contributed by atoms with E-state index < -0.39 is 0 Å². The van der Waals surface area contributed by atoms with Crippen LogP contribution in [0.3, 0.4) is 0 Å². The lowest BCUT2D eigenvalue weighted by Crippen LogP contribution is -2.30. The zero-order valence-electron chi connectivity index (χ0n) is 8.96. The number of amides is 1. The highest BCUT2D eigenvalue weighted by atomic mass is 35.5. The first kappa shape index (κ1) is 13.6. The molecule has 0 aromatic heterocycles. The Hall–Kier alpha value is -1.44. The van der Waals surface area contributed by atoms with Crippen molar-refractivity contribution in [2.24, 2.45) is 0 Å². The molecule has 0 saturated carbocycles. The lowest BCUT2D eigenvalue weighted by molar-refractivity contribution is -0.119. The van der Waals surface area contributed by atoms with E-state index in [-0.39, 0.29) is 12.5 Å². The number of nitrogens with one attached hydrogen (secondary N) is 2. The molecule has 0 saturated heterocycles. The molecule has 0 unspecified atom stereocenters. The van der Waals surface area contributed by atoms with Crippen LogP contribution in [0.1, 0.15) is 6.42 Å². The van der Waals surface area contributed by atoms with Crippen LogP contribution in [-0.4, -0.2) is 19.0 Å². The molecule has 1 amide bonds. The van der Waals surface area contributed by atoms with Gasteiger partial charge in [-0.15, -0.1) is 0 Å². The van der Waals surface area contributed by atoms with Crippen LogP contribution >= 0.6 is 23.2 Å². The van der Waals surface area contributed by atoms with Crippen molar-refractivity contribution in [2.45, 2.75) is 6.42 Å². The molecular weight excluding hydrogens is 261 g/mol. The molecule has 4 nitrogen and oxygen atoms in total. The van der Waals surface area contributed by atoms with Gasteiger partial charge in [0.1, 0.15) is 0 Å². The number of benzene rings is 1. The molecule has 6 heteroatoms. The largest absolute Gasteiger partial charge is 0.375 e. The normalized spacial score (nSPS) is 9.47. The van der Waals surface area contributed by atoms with Gasteiger partial charge < -0.3 is 10.6 Å². The maximum absolute atomic E-state index is 11.3. The predicted octanol–water partition coefficient (Wildman–Crippen LogP) is 2.44. The summed E-state index contributed by atoms with van der Waals surface area (Å²) in [5.74, 6) is -0.198. The van der Waals surface area contributed by atoms with Crippen LogP contribution in [0.15, 0.2) is 18.2 Å². The number of hydrogen-bond donors (Lipinski definition) is 2. The van der Waals surface area contributed by atoms with E-state index in [2.05, 4.69) is 10.6 Å². The quantitative estimate of drug-likeness (QED) is 0.809. The highest BCUT2D eigenvalue weighted by molar-refractivity contribution is 6.43. The Morgan fingerprint density at radius 2 is 2.18 bits per heavy atom. The first-order valence-corrected chi connectivity index (χ1v) is 5.72. The summed E-state index contributed by atoms with van der Waals surface area (Å²) in [7, 11) is 0. The molecule has 0 heterocycles. The maximum atomic E-state index is 11.3. The molecule has 0 spiro atoms. The first-order chi connectivity index (χ1) is 8.15. The van der Waals surface area contributed by atoms with E-state index in [1.54, 1.807) is 18.2 Å². The number of rotatable bonds is 5. The minimum atomic E-state index is -0.198. The zero-order valence-corrected chi connectivity index (χ0v) is 10.5. The van der Waals surface area contributed by atoms with Crippen LogP contribution in [0.2, 0.25) is 10.0 Å². The van der Waals surface area contributed by atoms with Crippen molar-refractivity contribution in [3.05, 3.63) is 28.2 Å². The van der Waals surface area contributed by atoms with E-state index in [0.29, 0.717) is 28.7 Å². The fraction of sp³-hybridized carbons (Fsp3) is 0.273. The topological polar surface area (TPSA) is 64.9 Å². The molecular formula is C11H11Cl2N3O. The number of carbonyl (C=O) groups excluding carboxylic acids is 1. The Morgan fingerprint density at radius 3 is 2.88 bits per heavy atom. The van der Waals surface area contributed by atoms with E-state index in [1.165, 1.54) is 0 Å². The molecule has 0 bridgehead atoms. The SMILES string of the molecule is N#CCCNC(=O)CNc1cccc(Cl)c1Cl. The van der Waals surface area contributed by atoms with Crippen molar-refractivity contribution >= 4 is 34.8 Å². The van der Waals surface area contributed by atoms with Crippen molar-refractivity contribution < 1.29 is 4.79 Å².